The van der Waals surface area contributed by atoms with Gasteiger partial charge >= 0.3 is 0 Å². The van der Waals surface area contributed by atoms with Crippen molar-refractivity contribution in [3.05, 3.63) is 11.6 Å². The van der Waals surface area contributed by atoms with Gasteiger partial charge in [-0.1, -0.05) is 18.6 Å². The minimum absolute atomic E-state index is 0.197. The highest BCUT2D eigenvalue weighted by molar-refractivity contribution is 5.75. The molecule has 0 bridgehead atoms. The predicted octanol–water partition coefficient (Wildman–Crippen LogP) is 2.83. The summed E-state index contributed by atoms with van der Waals surface area (Å²) in [5, 5.41) is 2.74. The first-order valence-corrected chi connectivity index (χ1v) is 8.19. The average molecular weight is 278 g/mol. The van der Waals surface area contributed by atoms with Crippen LogP contribution in [0.15, 0.2) is 11.6 Å². The topological polar surface area (TPSA) is 32.3 Å². The highest BCUT2D eigenvalue weighted by Gasteiger charge is 2.27. The van der Waals surface area contributed by atoms with Gasteiger partial charge in [0, 0.05) is 20.0 Å². The molecule has 1 N–H and O–H groups in total. The molecular formula is C17H30N2O. The van der Waals surface area contributed by atoms with Crippen LogP contribution in [-0.4, -0.2) is 37.5 Å². The lowest BCUT2D eigenvalue weighted by molar-refractivity contribution is -0.121. The zero-order valence-corrected chi connectivity index (χ0v) is 13.3. The van der Waals surface area contributed by atoms with E-state index in [2.05, 4.69) is 30.1 Å². The van der Waals surface area contributed by atoms with Gasteiger partial charge in [0.15, 0.2) is 0 Å². The second kappa shape index (κ2) is 7.26. The summed E-state index contributed by atoms with van der Waals surface area (Å²) < 4.78 is 0. The number of amides is 1. The Balaban J connectivity index is 1.78. The molecule has 0 saturated carbocycles. The second-order valence-corrected chi connectivity index (χ2v) is 6.73. The monoisotopic (exact) mass is 278 g/mol. The molecule has 2 aliphatic rings. The van der Waals surface area contributed by atoms with Gasteiger partial charge < -0.3 is 10.2 Å². The highest BCUT2D eigenvalue weighted by Crippen LogP contribution is 2.32. The minimum atomic E-state index is 0.197. The summed E-state index contributed by atoms with van der Waals surface area (Å²) in [4.78, 5) is 14.0. The summed E-state index contributed by atoms with van der Waals surface area (Å²) in [6, 6.07) is 0. The van der Waals surface area contributed by atoms with Gasteiger partial charge in [0.05, 0.1) is 0 Å². The van der Waals surface area contributed by atoms with Crippen LogP contribution in [0, 0.1) is 17.8 Å². The quantitative estimate of drug-likeness (QED) is 0.802. The first-order valence-electron chi connectivity index (χ1n) is 8.19. The average Bonchev–Trinajstić information content (AvgIpc) is 2.44. The van der Waals surface area contributed by atoms with Crippen molar-refractivity contribution in [2.24, 2.45) is 17.8 Å². The van der Waals surface area contributed by atoms with E-state index in [1.54, 1.807) is 12.6 Å². The Hall–Kier alpha value is -0.830. The maximum absolute atomic E-state index is 11.4. The van der Waals surface area contributed by atoms with E-state index in [-0.39, 0.29) is 5.91 Å². The molecule has 2 atom stereocenters. The zero-order valence-electron chi connectivity index (χ0n) is 13.3. The van der Waals surface area contributed by atoms with Crippen molar-refractivity contribution < 1.29 is 4.79 Å². The van der Waals surface area contributed by atoms with Crippen LogP contribution in [0.1, 0.15) is 46.0 Å². The predicted molar refractivity (Wildman–Crippen MR) is 83.5 cm³/mol. The lowest BCUT2D eigenvalue weighted by Crippen LogP contribution is -2.40. The molecule has 3 nitrogen and oxygen atoms in total. The third-order valence-electron chi connectivity index (χ3n) is 5.28. The van der Waals surface area contributed by atoms with Gasteiger partial charge in [-0.3, -0.25) is 4.79 Å². The Morgan fingerprint density at radius 2 is 2.05 bits per heavy atom. The number of nitrogens with one attached hydrogen (secondary N) is 1. The number of nitrogens with zero attached hydrogens (tertiary/aromatic N) is 1. The van der Waals surface area contributed by atoms with Crippen molar-refractivity contribution in [1.29, 1.82) is 0 Å². The van der Waals surface area contributed by atoms with Gasteiger partial charge in [0.2, 0.25) is 5.91 Å². The Bertz CT molecular complexity index is 356. The van der Waals surface area contributed by atoms with Crippen molar-refractivity contribution in [3.8, 4) is 0 Å². The first kappa shape index (κ1) is 15.6. The number of carbonyl (C=O) groups is 1. The maximum atomic E-state index is 11.4. The molecule has 0 spiro atoms. The van der Waals surface area contributed by atoms with E-state index in [4.69, 9.17) is 0 Å². The summed E-state index contributed by atoms with van der Waals surface area (Å²) in [7, 11) is 1.73. The van der Waals surface area contributed by atoms with E-state index in [1.165, 1.54) is 32.2 Å². The largest absolute Gasteiger partial charge is 0.359 e. The minimum Gasteiger partial charge on any atom is -0.359 e. The number of allylic oxidation sites excluding steroid dienone is 1. The fourth-order valence-corrected chi connectivity index (χ4v) is 3.71. The van der Waals surface area contributed by atoms with E-state index < -0.39 is 0 Å². The van der Waals surface area contributed by atoms with Crippen LogP contribution in [0.3, 0.4) is 0 Å². The lowest BCUT2D eigenvalue weighted by Gasteiger charge is -2.37. The summed E-state index contributed by atoms with van der Waals surface area (Å²) in [6.07, 6.45) is 8.10. The number of piperidine rings is 1. The van der Waals surface area contributed by atoms with Crippen molar-refractivity contribution >= 4 is 5.91 Å². The molecule has 114 valence electrons. The molecule has 0 unspecified atom stereocenters. The van der Waals surface area contributed by atoms with Gasteiger partial charge in [-0.2, -0.15) is 0 Å². The van der Waals surface area contributed by atoms with Gasteiger partial charge in [-0.25, -0.2) is 0 Å². The van der Waals surface area contributed by atoms with E-state index in [9.17, 15) is 4.79 Å². The van der Waals surface area contributed by atoms with Crippen LogP contribution < -0.4 is 5.32 Å². The molecule has 1 amide bonds. The molecule has 1 saturated heterocycles. The van der Waals surface area contributed by atoms with E-state index in [0.717, 1.165) is 24.9 Å². The van der Waals surface area contributed by atoms with Crippen molar-refractivity contribution in [3.63, 3.8) is 0 Å². The Morgan fingerprint density at radius 1 is 1.35 bits per heavy atom. The third-order valence-corrected chi connectivity index (χ3v) is 5.28. The standard InChI is InChI=1S/C17H30N2O/c1-13-5-4-6-14(2)16(13)12-19-9-7-15(8-10-19)11-17(20)18-3/h5,14-16H,4,6-12H2,1-3H3,(H,18,20)/t14-,16+/m1/s1. The van der Waals surface area contributed by atoms with E-state index in [1.807, 2.05) is 0 Å². The number of carbonyl (C=O) groups excluding carboxylic acids is 1. The van der Waals surface area contributed by atoms with Crippen LogP contribution in [0.5, 0.6) is 0 Å². The summed E-state index contributed by atoms with van der Waals surface area (Å²) in [6.45, 7) is 8.25. The first-order chi connectivity index (χ1) is 9.60. The molecule has 0 aromatic heterocycles. The molecule has 3 heteroatoms. The fraction of sp³-hybridized carbons (Fsp3) is 0.824. The molecule has 0 radical (unpaired) electrons. The Labute approximate surface area is 123 Å². The maximum Gasteiger partial charge on any atom is 0.220 e. The number of hydrogen-bond donors (Lipinski definition) is 1. The van der Waals surface area contributed by atoms with Crippen molar-refractivity contribution in [2.45, 2.75) is 46.0 Å². The Morgan fingerprint density at radius 3 is 2.65 bits per heavy atom. The van der Waals surface area contributed by atoms with Gasteiger partial charge in [-0.05, 0) is 63.5 Å². The summed E-state index contributed by atoms with van der Waals surface area (Å²) in [5.74, 6) is 2.36. The molecular weight excluding hydrogens is 248 g/mol. The normalized spacial score (nSPS) is 29.1. The van der Waals surface area contributed by atoms with Crippen molar-refractivity contribution in [1.82, 2.24) is 10.2 Å². The molecule has 0 aromatic rings. The second-order valence-electron chi connectivity index (χ2n) is 6.73. The van der Waals surface area contributed by atoms with Crippen LogP contribution in [0.25, 0.3) is 0 Å². The van der Waals surface area contributed by atoms with Crippen LogP contribution in [0.4, 0.5) is 0 Å². The smallest absolute Gasteiger partial charge is 0.220 e. The number of likely N-dealkylation sites (tertiary alicyclic amines) is 1. The van der Waals surface area contributed by atoms with E-state index in [0.29, 0.717) is 12.3 Å². The van der Waals surface area contributed by atoms with Crippen LogP contribution in [-0.2, 0) is 4.79 Å². The molecule has 20 heavy (non-hydrogen) atoms. The highest BCUT2D eigenvalue weighted by atomic mass is 16.1. The van der Waals surface area contributed by atoms with Crippen LogP contribution in [0.2, 0.25) is 0 Å². The van der Waals surface area contributed by atoms with Gasteiger partial charge in [-0.15, -0.1) is 0 Å². The van der Waals surface area contributed by atoms with Gasteiger partial charge in [0.25, 0.3) is 0 Å². The third kappa shape index (κ3) is 4.08. The lowest BCUT2D eigenvalue weighted by atomic mass is 9.79. The number of hydrogen-bond acceptors (Lipinski definition) is 2. The Kier molecular flexibility index (Phi) is 5.64. The molecule has 1 heterocycles. The zero-order chi connectivity index (χ0) is 14.5. The number of rotatable bonds is 4. The van der Waals surface area contributed by atoms with Crippen LogP contribution >= 0.6 is 0 Å². The molecule has 1 aliphatic carbocycles. The van der Waals surface area contributed by atoms with Gasteiger partial charge in [0.1, 0.15) is 0 Å². The fourth-order valence-electron chi connectivity index (χ4n) is 3.71. The SMILES string of the molecule is CNC(=O)CC1CCN(C[C@H]2C(C)=CCC[C@H]2C)CC1. The molecule has 1 fully saturated rings. The van der Waals surface area contributed by atoms with Crippen molar-refractivity contribution in [2.75, 3.05) is 26.7 Å². The summed E-state index contributed by atoms with van der Waals surface area (Å²) >= 11 is 0. The molecule has 2 rings (SSSR count). The molecule has 1 aliphatic heterocycles. The summed E-state index contributed by atoms with van der Waals surface area (Å²) in [5.41, 5.74) is 1.59. The molecule has 0 aromatic carbocycles. The van der Waals surface area contributed by atoms with E-state index >= 15 is 0 Å².